The van der Waals surface area contributed by atoms with Gasteiger partial charge in [-0.25, -0.2) is 0 Å². The number of carbonyl (C=O) groups is 1. The zero-order valence-electron chi connectivity index (χ0n) is 13.2. The van der Waals surface area contributed by atoms with Crippen molar-refractivity contribution >= 4 is 11.6 Å². The van der Waals surface area contributed by atoms with Crippen LogP contribution in [0.3, 0.4) is 0 Å². The molecule has 7 heteroatoms. The molecular formula is C17H16N6O. The van der Waals surface area contributed by atoms with Crippen molar-refractivity contribution in [2.24, 2.45) is 0 Å². The van der Waals surface area contributed by atoms with Gasteiger partial charge in [0.25, 0.3) is 5.91 Å². The maximum Gasteiger partial charge on any atom is 0.255 e. The highest BCUT2D eigenvalue weighted by Crippen LogP contribution is 2.11. The molecule has 3 aromatic rings. The monoisotopic (exact) mass is 320 g/mol. The van der Waals surface area contributed by atoms with Crippen LogP contribution in [0.5, 0.6) is 0 Å². The lowest BCUT2D eigenvalue weighted by molar-refractivity contribution is 0.102. The van der Waals surface area contributed by atoms with Crippen LogP contribution < -0.4 is 5.32 Å². The molecule has 1 aromatic carbocycles. The normalized spacial score (nSPS) is 10.3. The summed E-state index contributed by atoms with van der Waals surface area (Å²) in [7, 11) is 0. The summed E-state index contributed by atoms with van der Waals surface area (Å²) in [4.78, 5) is 12.2. The second-order valence-corrected chi connectivity index (χ2v) is 5.28. The van der Waals surface area contributed by atoms with E-state index in [4.69, 9.17) is 5.26 Å². The van der Waals surface area contributed by atoms with Crippen molar-refractivity contribution in [3.05, 3.63) is 65.7 Å². The Hall–Kier alpha value is -3.40. The number of nitrogens with zero attached hydrogens (tertiary/aromatic N) is 5. The fraction of sp³-hybridized carbons (Fsp3) is 0.176. The summed E-state index contributed by atoms with van der Waals surface area (Å²) in [6.45, 7) is 3.43. The highest BCUT2D eigenvalue weighted by molar-refractivity contribution is 6.04. The molecule has 3 rings (SSSR count). The summed E-state index contributed by atoms with van der Waals surface area (Å²) in [5, 5.41) is 20.1. The maximum atomic E-state index is 12.2. The molecular weight excluding hydrogens is 304 g/mol. The molecule has 7 nitrogen and oxygen atoms in total. The number of aromatic nitrogens is 4. The fourth-order valence-corrected chi connectivity index (χ4v) is 2.30. The second kappa shape index (κ2) is 6.79. The van der Waals surface area contributed by atoms with E-state index in [-0.39, 0.29) is 5.91 Å². The summed E-state index contributed by atoms with van der Waals surface area (Å²) < 4.78 is 3.59. The van der Waals surface area contributed by atoms with Gasteiger partial charge in [0.1, 0.15) is 0 Å². The number of nitriles is 1. The quantitative estimate of drug-likeness (QED) is 0.781. The van der Waals surface area contributed by atoms with E-state index in [1.54, 1.807) is 47.5 Å². The zero-order valence-corrected chi connectivity index (χ0v) is 13.2. The Kier molecular flexibility index (Phi) is 4.38. The van der Waals surface area contributed by atoms with Crippen molar-refractivity contribution in [2.75, 3.05) is 5.32 Å². The van der Waals surface area contributed by atoms with Gasteiger partial charge in [0.2, 0.25) is 0 Å². The minimum absolute atomic E-state index is 0.273. The number of benzene rings is 1. The van der Waals surface area contributed by atoms with Gasteiger partial charge < -0.3 is 5.32 Å². The van der Waals surface area contributed by atoms with E-state index in [9.17, 15) is 4.79 Å². The van der Waals surface area contributed by atoms with E-state index in [2.05, 4.69) is 15.5 Å². The summed E-state index contributed by atoms with van der Waals surface area (Å²) in [6, 6.07) is 8.58. The Labute approximate surface area is 139 Å². The lowest BCUT2D eigenvalue weighted by atomic mass is 10.1. The highest BCUT2D eigenvalue weighted by atomic mass is 16.1. The molecule has 0 aliphatic rings. The number of rotatable bonds is 5. The van der Waals surface area contributed by atoms with Crippen molar-refractivity contribution in [3.8, 4) is 6.07 Å². The second-order valence-electron chi connectivity index (χ2n) is 5.28. The molecule has 2 heterocycles. The fourth-order valence-electron chi connectivity index (χ4n) is 2.30. The maximum absolute atomic E-state index is 12.2. The third-order valence-electron chi connectivity index (χ3n) is 3.50. The number of aryl methyl sites for hydroxylation is 1. The summed E-state index contributed by atoms with van der Waals surface area (Å²) in [5.41, 5.74) is 2.53. The Morgan fingerprint density at radius 1 is 1.25 bits per heavy atom. The minimum atomic E-state index is -0.273. The predicted octanol–water partition coefficient (Wildman–Crippen LogP) is 2.27. The molecule has 0 spiro atoms. The van der Waals surface area contributed by atoms with Gasteiger partial charge >= 0.3 is 0 Å². The molecule has 0 atom stereocenters. The van der Waals surface area contributed by atoms with Crippen LogP contribution in [0.1, 0.15) is 28.4 Å². The number of hydrogen-bond acceptors (Lipinski definition) is 4. The molecule has 2 aromatic heterocycles. The van der Waals surface area contributed by atoms with Gasteiger partial charge in [0.15, 0.2) is 0 Å². The molecule has 1 amide bonds. The summed E-state index contributed by atoms with van der Waals surface area (Å²) in [6.07, 6.45) is 7.12. The molecule has 120 valence electrons. The molecule has 0 radical (unpaired) electrons. The standard InChI is InChI=1S/C17H16N6O/c1-2-22-10-14(8-19-22)11-23-12-16(9-20-23)21-17(24)15-5-3-4-13(6-15)7-18/h3-6,8-10,12H,2,11H2,1H3,(H,21,24). The smallest absolute Gasteiger partial charge is 0.255 e. The van der Waals surface area contributed by atoms with Gasteiger partial charge in [-0.05, 0) is 25.1 Å². The average Bonchev–Trinajstić information content (AvgIpc) is 3.24. The topological polar surface area (TPSA) is 88.5 Å². The molecule has 0 saturated carbocycles. The van der Waals surface area contributed by atoms with Gasteiger partial charge in [-0.15, -0.1) is 0 Å². The molecule has 0 saturated heterocycles. The van der Waals surface area contributed by atoms with Gasteiger partial charge in [0.05, 0.1) is 36.3 Å². The van der Waals surface area contributed by atoms with Gasteiger partial charge in [0, 0.05) is 30.1 Å². The number of nitrogens with one attached hydrogen (secondary N) is 1. The minimum Gasteiger partial charge on any atom is -0.319 e. The number of amides is 1. The van der Waals surface area contributed by atoms with Crippen molar-refractivity contribution in [2.45, 2.75) is 20.0 Å². The first kappa shape index (κ1) is 15.5. The van der Waals surface area contributed by atoms with Gasteiger partial charge in [-0.3, -0.25) is 14.2 Å². The number of carbonyl (C=O) groups excluding carboxylic acids is 1. The van der Waals surface area contributed by atoms with Crippen LogP contribution in [0.15, 0.2) is 49.1 Å². The van der Waals surface area contributed by atoms with Crippen LogP contribution >= 0.6 is 0 Å². The molecule has 0 fully saturated rings. The number of hydrogen-bond donors (Lipinski definition) is 1. The predicted molar refractivity (Wildman–Crippen MR) is 88.3 cm³/mol. The van der Waals surface area contributed by atoms with Crippen molar-refractivity contribution in [1.29, 1.82) is 5.26 Å². The average molecular weight is 320 g/mol. The molecule has 0 bridgehead atoms. The van der Waals surface area contributed by atoms with Crippen LogP contribution in [0.2, 0.25) is 0 Å². The van der Waals surface area contributed by atoms with Crippen molar-refractivity contribution < 1.29 is 4.79 Å². The molecule has 1 N–H and O–H groups in total. The van der Waals surface area contributed by atoms with E-state index in [0.29, 0.717) is 23.4 Å². The van der Waals surface area contributed by atoms with Crippen LogP contribution in [0.4, 0.5) is 5.69 Å². The Balaban J connectivity index is 1.67. The first-order valence-electron chi connectivity index (χ1n) is 7.53. The largest absolute Gasteiger partial charge is 0.319 e. The van der Waals surface area contributed by atoms with Crippen LogP contribution in [0.25, 0.3) is 0 Å². The third-order valence-corrected chi connectivity index (χ3v) is 3.50. The Morgan fingerprint density at radius 2 is 2.08 bits per heavy atom. The molecule has 0 aliphatic heterocycles. The van der Waals surface area contributed by atoms with E-state index in [1.165, 1.54) is 0 Å². The highest BCUT2D eigenvalue weighted by Gasteiger charge is 2.09. The zero-order chi connectivity index (χ0) is 16.9. The molecule has 0 aliphatic carbocycles. The first-order valence-corrected chi connectivity index (χ1v) is 7.53. The van der Waals surface area contributed by atoms with Crippen LogP contribution in [-0.4, -0.2) is 25.5 Å². The lowest BCUT2D eigenvalue weighted by Crippen LogP contribution is -2.11. The molecule has 24 heavy (non-hydrogen) atoms. The lowest BCUT2D eigenvalue weighted by Gasteiger charge is -2.02. The Morgan fingerprint density at radius 3 is 2.83 bits per heavy atom. The first-order chi connectivity index (χ1) is 11.7. The summed E-state index contributed by atoms with van der Waals surface area (Å²) >= 11 is 0. The third kappa shape index (κ3) is 3.50. The van der Waals surface area contributed by atoms with E-state index < -0.39 is 0 Å². The van der Waals surface area contributed by atoms with Crippen LogP contribution in [-0.2, 0) is 13.1 Å². The SMILES string of the molecule is CCn1cc(Cn2cc(NC(=O)c3cccc(C#N)c3)cn2)cn1. The van der Waals surface area contributed by atoms with Crippen LogP contribution in [0, 0.1) is 11.3 Å². The van der Waals surface area contributed by atoms with Gasteiger partial charge in [-0.2, -0.15) is 15.5 Å². The summed E-state index contributed by atoms with van der Waals surface area (Å²) in [5.74, 6) is -0.273. The van der Waals surface area contributed by atoms with Crippen molar-refractivity contribution in [3.63, 3.8) is 0 Å². The number of anilines is 1. The Bertz CT molecular complexity index is 902. The van der Waals surface area contributed by atoms with Crippen molar-refractivity contribution in [1.82, 2.24) is 19.6 Å². The van der Waals surface area contributed by atoms with E-state index in [1.807, 2.05) is 23.9 Å². The van der Waals surface area contributed by atoms with Gasteiger partial charge in [-0.1, -0.05) is 6.07 Å². The van der Waals surface area contributed by atoms with E-state index >= 15 is 0 Å². The molecule has 0 unspecified atom stereocenters. The van der Waals surface area contributed by atoms with E-state index in [0.717, 1.165) is 12.1 Å².